The molecule has 0 radical (unpaired) electrons. The summed E-state index contributed by atoms with van der Waals surface area (Å²) in [7, 11) is -4.56. The largest absolute Gasteiger partial charge is 0.280 e. The van der Waals surface area contributed by atoms with Crippen molar-refractivity contribution in [1.82, 2.24) is 0 Å². The molecule has 1 aromatic carbocycles. The Balaban J connectivity index is 2.93. The first-order chi connectivity index (χ1) is 9.03. The number of sulfonamides is 1. The maximum absolute atomic E-state index is 12.1. The average Bonchev–Trinajstić information content (AvgIpc) is 2.43. The summed E-state index contributed by atoms with van der Waals surface area (Å²) < 4.78 is 28.4. The SMILES string of the molecule is CCCCc1ccc(S(=O)(=O)N=[PH](CC)CC)cc1. The van der Waals surface area contributed by atoms with E-state index in [4.69, 9.17) is 0 Å². The van der Waals surface area contributed by atoms with Gasteiger partial charge in [-0.15, -0.1) is 0 Å². The van der Waals surface area contributed by atoms with Crippen molar-refractivity contribution in [3.8, 4) is 0 Å². The number of hydrogen-bond acceptors (Lipinski definition) is 2. The van der Waals surface area contributed by atoms with E-state index in [-0.39, 0.29) is 0 Å². The molecule has 0 aliphatic carbocycles. The number of benzene rings is 1. The van der Waals surface area contributed by atoms with Gasteiger partial charge in [0.2, 0.25) is 0 Å². The lowest BCUT2D eigenvalue weighted by molar-refractivity contribution is 0.598. The van der Waals surface area contributed by atoms with Crippen molar-refractivity contribution in [2.45, 2.75) is 44.9 Å². The predicted octanol–water partition coefficient (Wildman–Crippen LogP) is 4.16. The second kappa shape index (κ2) is 7.86. The second-order valence-corrected chi connectivity index (χ2v) is 9.29. The van der Waals surface area contributed by atoms with E-state index in [1.807, 2.05) is 26.0 Å². The second-order valence-electron chi connectivity index (χ2n) is 4.59. The monoisotopic (exact) mass is 301 g/mol. The van der Waals surface area contributed by atoms with Crippen LogP contribution in [-0.4, -0.2) is 20.7 Å². The van der Waals surface area contributed by atoms with Gasteiger partial charge in [0.25, 0.3) is 10.0 Å². The summed E-state index contributed by atoms with van der Waals surface area (Å²) in [4.78, 5) is 0.331. The summed E-state index contributed by atoms with van der Waals surface area (Å²) in [5.74, 6) is 0. The third-order valence-electron chi connectivity index (χ3n) is 3.11. The molecule has 0 aromatic heterocycles. The lowest BCUT2D eigenvalue weighted by Crippen LogP contribution is -1.96. The molecule has 0 bridgehead atoms. The minimum Gasteiger partial charge on any atom is -0.199 e. The molecule has 1 rings (SSSR count). The smallest absolute Gasteiger partial charge is 0.199 e. The van der Waals surface area contributed by atoms with E-state index < -0.39 is 17.7 Å². The lowest BCUT2D eigenvalue weighted by atomic mass is 10.1. The molecule has 0 amide bonds. The molecule has 0 aliphatic rings. The van der Waals surface area contributed by atoms with Crippen LogP contribution in [0.3, 0.4) is 0 Å². The van der Waals surface area contributed by atoms with Gasteiger partial charge in [-0.05, 0) is 50.6 Å². The standard InChI is InChI=1S/C14H24NO2PS/c1-4-7-8-13-9-11-14(12-10-13)19(16,17)15-18(5-2)6-3/h9-12,18H,4-8H2,1-3H3. The minimum absolute atomic E-state index is 0.331. The van der Waals surface area contributed by atoms with Crippen LogP contribution >= 0.6 is 7.71 Å². The maximum Gasteiger partial charge on any atom is 0.280 e. The lowest BCUT2D eigenvalue weighted by Gasteiger charge is -2.05. The Morgan fingerprint density at radius 3 is 2.11 bits per heavy atom. The zero-order valence-corrected chi connectivity index (χ0v) is 13.8. The third kappa shape index (κ3) is 5.12. The Kier molecular flexibility index (Phi) is 6.81. The number of nitrogens with zero attached hydrogens (tertiary/aromatic N) is 1. The molecule has 3 nitrogen and oxygen atoms in total. The van der Waals surface area contributed by atoms with Gasteiger partial charge in [0.15, 0.2) is 0 Å². The number of aryl methyl sites for hydroxylation is 1. The first kappa shape index (κ1) is 16.5. The number of rotatable bonds is 7. The van der Waals surface area contributed by atoms with Gasteiger partial charge in [-0.2, -0.15) is 12.6 Å². The van der Waals surface area contributed by atoms with Crippen LogP contribution in [0.25, 0.3) is 0 Å². The first-order valence-corrected chi connectivity index (χ1v) is 10.2. The zero-order valence-electron chi connectivity index (χ0n) is 12.0. The highest BCUT2D eigenvalue weighted by atomic mass is 32.2. The van der Waals surface area contributed by atoms with E-state index in [0.717, 1.165) is 31.6 Å². The topological polar surface area (TPSA) is 46.5 Å². The van der Waals surface area contributed by atoms with Crippen molar-refractivity contribution in [2.75, 3.05) is 12.3 Å². The zero-order chi connectivity index (χ0) is 14.3. The molecule has 0 saturated heterocycles. The molecule has 0 spiro atoms. The quantitative estimate of drug-likeness (QED) is 0.710. The van der Waals surface area contributed by atoms with Gasteiger partial charge in [-0.1, -0.05) is 39.3 Å². The van der Waals surface area contributed by atoms with Crippen LogP contribution in [0.15, 0.2) is 33.3 Å². The fraction of sp³-hybridized carbons (Fsp3) is 0.571. The van der Waals surface area contributed by atoms with Crippen molar-refractivity contribution in [2.24, 2.45) is 4.15 Å². The molecule has 0 heterocycles. The van der Waals surface area contributed by atoms with E-state index in [2.05, 4.69) is 11.1 Å². The molecule has 108 valence electrons. The highest BCUT2D eigenvalue weighted by Gasteiger charge is 2.12. The number of hydrogen-bond donors (Lipinski definition) is 0. The van der Waals surface area contributed by atoms with Crippen LogP contribution in [0.1, 0.15) is 39.2 Å². The Morgan fingerprint density at radius 2 is 1.63 bits per heavy atom. The summed E-state index contributed by atoms with van der Waals surface area (Å²) in [6.07, 6.45) is 5.00. The predicted molar refractivity (Wildman–Crippen MR) is 84.1 cm³/mol. The van der Waals surface area contributed by atoms with Gasteiger partial charge in [-0.25, -0.2) is 0 Å². The van der Waals surface area contributed by atoms with Crippen molar-refractivity contribution >= 4 is 17.7 Å². The van der Waals surface area contributed by atoms with Crippen molar-refractivity contribution in [3.05, 3.63) is 29.8 Å². The van der Waals surface area contributed by atoms with E-state index >= 15 is 0 Å². The van der Waals surface area contributed by atoms with E-state index in [0.29, 0.717) is 4.90 Å². The van der Waals surface area contributed by atoms with E-state index in [9.17, 15) is 8.42 Å². The molecule has 0 unspecified atom stereocenters. The van der Waals surface area contributed by atoms with Crippen LogP contribution in [0.2, 0.25) is 0 Å². The van der Waals surface area contributed by atoms with Crippen LogP contribution < -0.4 is 0 Å². The minimum atomic E-state index is -3.45. The van der Waals surface area contributed by atoms with Gasteiger partial charge in [0.1, 0.15) is 0 Å². The van der Waals surface area contributed by atoms with Crippen LogP contribution in [0.5, 0.6) is 0 Å². The van der Waals surface area contributed by atoms with Gasteiger partial charge in [0.05, 0.1) is 4.90 Å². The molecular formula is C14H24NO2PS. The van der Waals surface area contributed by atoms with Gasteiger partial charge >= 0.3 is 0 Å². The Morgan fingerprint density at radius 1 is 1.05 bits per heavy atom. The number of unbranched alkanes of at least 4 members (excludes halogenated alkanes) is 1. The van der Waals surface area contributed by atoms with E-state index in [1.165, 1.54) is 5.56 Å². The molecule has 0 atom stereocenters. The summed E-state index contributed by atoms with van der Waals surface area (Å²) in [5.41, 5.74) is 1.19. The highest BCUT2D eigenvalue weighted by Crippen LogP contribution is 2.29. The Bertz CT molecular complexity index is 515. The van der Waals surface area contributed by atoms with Crippen LogP contribution in [-0.2, 0) is 16.4 Å². The molecule has 0 aliphatic heterocycles. The highest BCUT2D eigenvalue weighted by molar-refractivity contribution is 7.92. The molecular weight excluding hydrogens is 277 g/mol. The molecule has 0 N–H and O–H groups in total. The molecule has 5 heteroatoms. The third-order valence-corrected chi connectivity index (χ3v) is 7.60. The fourth-order valence-corrected chi connectivity index (χ4v) is 5.60. The van der Waals surface area contributed by atoms with Crippen LogP contribution in [0.4, 0.5) is 0 Å². The normalized spacial score (nSPS) is 11.8. The fourth-order valence-electron chi connectivity index (χ4n) is 1.81. The molecule has 1 aromatic rings. The van der Waals surface area contributed by atoms with Crippen LogP contribution in [0, 0.1) is 0 Å². The van der Waals surface area contributed by atoms with Gasteiger partial charge in [-0.3, -0.25) is 0 Å². The summed E-state index contributed by atoms with van der Waals surface area (Å²) in [6.45, 7) is 6.16. The van der Waals surface area contributed by atoms with Gasteiger partial charge in [0, 0.05) is 0 Å². The van der Waals surface area contributed by atoms with Gasteiger partial charge < -0.3 is 0 Å². The van der Waals surface area contributed by atoms with Crippen molar-refractivity contribution in [3.63, 3.8) is 0 Å². The summed E-state index contributed by atoms with van der Waals surface area (Å²) in [5, 5.41) is 0. The first-order valence-electron chi connectivity index (χ1n) is 6.95. The Hall–Kier alpha value is -0.600. The molecule has 0 fully saturated rings. The summed E-state index contributed by atoms with van der Waals surface area (Å²) >= 11 is 0. The molecule has 19 heavy (non-hydrogen) atoms. The van der Waals surface area contributed by atoms with E-state index in [1.54, 1.807) is 12.1 Å². The maximum atomic E-state index is 12.1. The summed E-state index contributed by atoms with van der Waals surface area (Å²) in [6, 6.07) is 7.19. The van der Waals surface area contributed by atoms with Crippen molar-refractivity contribution < 1.29 is 8.42 Å². The Labute approximate surface area is 118 Å². The van der Waals surface area contributed by atoms with Crippen molar-refractivity contribution in [1.29, 1.82) is 0 Å². The molecule has 0 saturated carbocycles. The average molecular weight is 301 g/mol.